The summed E-state index contributed by atoms with van der Waals surface area (Å²) < 4.78 is 0. The average molecular weight is 273 g/mol. The third kappa shape index (κ3) is 3.39. The fourth-order valence-corrected chi connectivity index (χ4v) is 3.36. The number of hydrogen-bond acceptors (Lipinski definition) is 2. The van der Waals surface area contributed by atoms with E-state index in [-0.39, 0.29) is 12.4 Å². The highest BCUT2D eigenvalue weighted by molar-refractivity contribution is 5.85. The zero-order valence-electron chi connectivity index (χ0n) is 11.1. The normalized spacial score (nSPS) is 29.1. The van der Waals surface area contributed by atoms with E-state index in [2.05, 4.69) is 10.2 Å². The first-order valence-electron chi connectivity index (χ1n) is 7.34. The van der Waals surface area contributed by atoms with E-state index in [1.54, 1.807) is 0 Å². The number of nitrogens with one attached hydrogen (secondary N) is 1. The number of rotatable bonds is 3. The number of nitrogens with zero attached hydrogens (tertiary/aromatic N) is 1. The van der Waals surface area contributed by atoms with Gasteiger partial charge in [0.05, 0.1) is 0 Å². The van der Waals surface area contributed by atoms with Crippen molar-refractivity contribution in [3.8, 4) is 0 Å². The minimum Gasteiger partial charge on any atom is -0.343 e. The molecule has 3 aliphatic rings. The third-order valence-corrected chi connectivity index (χ3v) is 4.72. The zero-order chi connectivity index (χ0) is 11.7. The molecule has 0 radical (unpaired) electrons. The van der Waals surface area contributed by atoms with Crippen molar-refractivity contribution in [2.45, 2.75) is 51.0 Å². The first-order valence-corrected chi connectivity index (χ1v) is 7.34. The number of carbonyl (C=O) groups is 1. The molecule has 0 bridgehead atoms. The second kappa shape index (κ2) is 6.25. The van der Waals surface area contributed by atoms with Crippen LogP contribution in [-0.4, -0.2) is 36.5 Å². The summed E-state index contributed by atoms with van der Waals surface area (Å²) in [6.45, 7) is 3.22. The molecular formula is C14H25ClN2O. The molecule has 1 atom stereocenters. The van der Waals surface area contributed by atoms with E-state index in [1.807, 2.05) is 0 Å². The Balaban J connectivity index is 0.00000120. The molecule has 3 nitrogen and oxygen atoms in total. The Labute approximate surface area is 116 Å². The quantitative estimate of drug-likeness (QED) is 0.854. The van der Waals surface area contributed by atoms with E-state index in [0.29, 0.717) is 5.91 Å². The maximum Gasteiger partial charge on any atom is 0.222 e. The molecule has 2 heterocycles. The Morgan fingerprint density at radius 2 is 1.83 bits per heavy atom. The van der Waals surface area contributed by atoms with Gasteiger partial charge in [0.1, 0.15) is 0 Å². The summed E-state index contributed by atoms with van der Waals surface area (Å²) in [5.74, 6) is 1.98. The van der Waals surface area contributed by atoms with Crippen molar-refractivity contribution in [2.24, 2.45) is 11.8 Å². The molecule has 2 saturated heterocycles. The van der Waals surface area contributed by atoms with Gasteiger partial charge in [-0.15, -0.1) is 12.4 Å². The van der Waals surface area contributed by atoms with Gasteiger partial charge in [0, 0.05) is 25.6 Å². The van der Waals surface area contributed by atoms with Gasteiger partial charge in [0.2, 0.25) is 5.91 Å². The number of amides is 1. The predicted octanol–water partition coefficient (Wildman–Crippen LogP) is 2.20. The molecule has 1 N–H and O–H groups in total. The Kier molecular flexibility index (Phi) is 4.91. The fourth-order valence-electron chi connectivity index (χ4n) is 3.36. The molecule has 4 heteroatoms. The summed E-state index contributed by atoms with van der Waals surface area (Å²) >= 11 is 0. The lowest BCUT2D eigenvalue weighted by molar-refractivity contribution is -0.133. The fraction of sp³-hybridized carbons (Fsp3) is 0.929. The molecule has 2 aliphatic heterocycles. The number of piperidine rings is 1. The number of carbonyl (C=O) groups excluding carboxylic acids is 1. The molecule has 1 aliphatic carbocycles. The second-order valence-electron chi connectivity index (χ2n) is 6.07. The third-order valence-electron chi connectivity index (χ3n) is 4.72. The Bertz CT molecular complexity index is 280. The summed E-state index contributed by atoms with van der Waals surface area (Å²) in [4.78, 5) is 14.1. The molecule has 3 rings (SSSR count). The van der Waals surface area contributed by atoms with Crippen molar-refractivity contribution < 1.29 is 4.79 Å². The van der Waals surface area contributed by atoms with Gasteiger partial charge in [0.25, 0.3) is 0 Å². The van der Waals surface area contributed by atoms with Crippen LogP contribution in [0.15, 0.2) is 0 Å². The molecule has 3 fully saturated rings. The largest absolute Gasteiger partial charge is 0.343 e. The van der Waals surface area contributed by atoms with Crippen LogP contribution in [0.5, 0.6) is 0 Å². The van der Waals surface area contributed by atoms with Gasteiger partial charge < -0.3 is 10.2 Å². The van der Waals surface area contributed by atoms with Crippen molar-refractivity contribution in [3.63, 3.8) is 0 Å². The monoisotopic (exact) mass is 272 g/mol. The van der Waals surface area contributed by atoms with Gasteiger partial charge in [-0.05, 0) is 56.9 Å². The van der Waals surface area contributed by atoms with E-state index in [0.717, 1.165) is 37.4 Å². The first-order chi connectivity index (χ1) is 8.33. The van der Waals surface area contributed by atoms with E-state index >= 15 is 0 Å². The predicted molar refractivity (Wildman–Crippen MR) is 74.9 cm³/mol. The molecule has 1 saturated carbocycles. The van der Waals surface area contributed by atoms with Crippen molar-refractivity contribution in [2.75, 3.05) is 19.6 Å². The maximum atomic E-state index is 12.0. The summed E-state index contributed by atoms with van der Waals surface area (Å²) in [6, 6.07) is 0.746. The molecule has 0 spiro atoms. The first kappa shape index (κ1) is 14.1. The summed E-state index contributed by atoms with van der Waals surface area (Å²) in [6.07, 6.45) is 8.52. The van der Waals surface area contributed by atoms with Gasteiger partial charge in [-0.1, -0.05) is 0 Å². The van der Waals surface area contributed by atoms with E-state index in [1.165, 1.54) is 45.1 Å². The van der Waals surface area contributed by atoms with Crippen molar-refractivity contribution in [3.05, 3.63) is 0 Å². The van der Waals surface area contributed by atoms with Crippen LogP contribution in [-0.2, 0) is 4.79 Å². The number of likely N-dealkylation sites (tertiary alicyclic amines) is 1. The molecule has 0 aromatic heterocycles. The molecule has 0 aromatic carbocycles. The summed E-state index contributed by atoms with van der Waals surface area (Å²) in [5.41, 5.74) is 0. The lowest BCUT2D eigenvalue weighted by Gasteiger charge is -2.35. The zero-order valence-corrected chi connectivity index (χ0v) is 11.9. The van der Waals surface area contributed by atoms with Crippen molar-refractivity contribution in [1.82, 2.24) is 10.2 Å². The maximum absolute atomic E-state index is 12.0. The highest BCUT2D eigenvalue weighted by atomic mass is 35.5. The van der Waals surface area contributed by atoms with Crippen LogP contribution in [0.25, 0.3) is 0 Å². The van der Waals surface area contributed by atoms with Crippen LogP contribution in [0.3, 0.4) is 0 Å². The summed E-state index contributed by atoms with van der Waals surface area (Å²) in [5, 5.41) is 3.61. The van der Waals surface area contributed by atoms with Gasteiger partial charge in [-0.3, -0.25) is 4.79 Å². The molecule has 18 heavy (non-hydrogen) atoms. The van der Waals surface area contributed by atoms with E-state index in [4.69, 9.17) is 0 Å². The molecule has 1 unspecified atom stereocenters. The number of halogens is 1. The van der Waals surface area contributed by atoms with E-state index < -0.39 is 0 Å². The van der Waals surface area contributed by atoms with Gasteiger partial charge in [0.15, 0.2) is 0 Å². The topological polar surface area (TPSA) is 32.3 Å². The molecule has 1 amide bonds. The minimum absolute atomic E-state index is 0. The Morgan fingerprint density at radius 3 is 2.39 bits per heavy atom. The number of hydrogen-bond donors (Lipinski definition) is 1. The standard InChI is InChI=1S/C14H24N2O.ClH/c17-14(10-11-3-4-11)16-8-5-12(6-9-16)13-2-1-7-15-13;/h11-13,15H,1-10H2;1H. The van der Waals surface area contributed by atoms with Crippen molar-refractivity contribution in [1.29, 1.82) is 0 Å². The highest BCUT2D eigenvalue weighted by Gasteiger charge is 2.32. The lowest BCUT2D eigenvalue weighted by atomic mass is 9.88. The molecule has 0 aromatic rings. The van der Waals surface area contributed by atoms with Crippen LogP contribution >= 0.6 is 12.4 Å². The lowest BCUT2D eigenvalue weighted by Crippen LogP contribution is -2.43. The highest BCUT2D eigenvalue weighted by Crippen LogP contribution is 2.33. The minimum atomic E-state index is 0. The smallest absolute Gasteiger partial charge is 0.222 e. The van der Waals surface area contributed by atoms with Crippen LogP contribution in [0.1, 0.15) is 44.9 Å². The molecular weight excluding hydrogens is 248 g/mol. The van der Waals surface area contributed by atoms with Crippen LogP contribution < -0.4 is 5.32 Å². The van der Waals surface area contributed by atoms with Gasteiger partial charge >= 0.3 is 0 Å². The SMILES string of the molecule is Cl.O=C(CC1CC1)N1CCC(C2CCCN2)CC1. The van der Waals surface area contributed by atoms with Crippen LogP contribution in [0.2, 0.25) is 0 Å². The van der Waals surface area contributed by atoms with E-state index in [9.17, 15) is 4.79 Å². The van der Waals surface area contributed by atoms with Crippen LogP contribution in [0.4, 0.5) is 0 Å². The Hall–Kier alpha value is -0.280. The second-order valence-corrected chi connectivity index (χ2v) is 6.07. The van der Waals surface area contributed by atoms with Gasteiger partial charge in [-0.25, -0.2) is 0 Å². The molecule has 104 valence electrons. The van der Waals surface area contributed by atoms with Crippen molar-refractivity contribution >= 4 is 18.3 Å². The summed E-state index contributed by atoms with van der Waals surface area (Å²) in [7, 11) is 0. The van der Waals surface area contributed by atoms with Gasteiger partial charge in [-0.2, -0.15) is 0 Å². The average Bonchev–Trinajstić information content (AvgIpc) is 3.00. The Morgan fingerprint density at radius 1 is 1.11 bits per heavy atom. The van der Waals surface area contributed by atoms with Crippen LogP contribution in [0, 0.1) is 11.8 Å².